The van der Waals surface area contributed by atoms with Gasteiger partial charge in [-0.15, -0.1) is 0 Å². The Balaban J connectivity index is 2.19. The van der Waals surface area contributed by atoms with Gasteiger partial charge >= 0.3 is 0 Å². The van der Waals surface area contributed by atoms with Gasteiger partial charge in [0.25, 0.3) is 0 Å². The predicted octanol–water partition coefficient (Wildman–Crippen LogP) is 6.36. The minimum Gasteiger partial charge on any atom is -0.507 e. The Bertz CT molecular complexity index is 1720. The zero-order chi connectivity index (χ0) is 34.0. The first-order valence-corrected chi connectivity index (χ1v) is 15.5. The molecular formula is C36H44N2O8. The van der Waals surface area contributed by atoms with Gasteiger partial charge in [-0.2, -0.15) is 0 Å². The molecule has 0 spiro atoms. The third-order valence-electron chi connectivity index (χ3n) is 8.32. The lowest BCUT2D eigenvalue weighted by Gasteiger charge is -2.23. The summed E-state index contributed by atoms with van der Waals surface area (Å²) in [5.41, 5.74) is 2.75. The molecule has 10 nitrogen and oxygen atoms in total. The molecule has 0 aliphatic heterocycles. The molecule has 10 heteroatoms. The van der Waals surface area contributed by atoms with Crippen LogP contribution in [0.3, 0.4) is 0 Å². The number of hydrogen-bond acceptors (Lipinski definition) is 10. The van der Waals surface area contributed by atoms with Crippen molar-refractivity contribution >= 4 is 34.0 Å². The maximum atomic E-state index is 12.1. The van der Waals surface area contributed by atoms with E-state index >= 15 is 0 Å². The number of hydrogen-bond donors (Lipinski definition) is 8. The Morgan fingerprint density at radius 1 is 0.565 bits per heavy atom. The fraction of sp³-hybridized carbons (Fsp3) is 0.389. The third kappa shape index (κ3) is 5.90. The number of aryl methyl sites for hydroxylation is 2. The van der Waals surface area contributed by atoms with E-state index in [0.717, 1.165) is 0 Å². The van der Waals surface area contributed by atoms with Crippen molar-refractivity contribution in [3.8, 4) is 45.6 Å². The fourth-order valence-corrected chi connectivity index (χ4v) is 6.26. The van der Waals surface area contributed by atoms with Crippen molar-refractivity contribution in [1.29, 1.82) is 0 Å². The summed E-state index contributed by atoms with van der Waals surface area (Å²) in [5.74, 6) is -2.49. The molecule has 0 atom stereocenters. The van der Waals surface area contributed by atoms with Crippen LogP contribution in [0.25, 0.3) is 32.7 Å². The van der Waals surface area contributed by atoms with Crippen molar-refractivity contribution < 1.29 is 40.9 Å². The van der Waals surface area contributed by atoms with E-state index in [-0.39, 0.29) is 94.2 Å². The average Bonchev–Trinajstić information content (AvgIpc) is 2.98. The number of aromatic hydroxyl groups is 6. The fourth-order valence-electron chi connectivity index (χ4n) is 6.26. The number of fused-ring (bicyclic) bond motifs is 2. The van der Waals surface area contributed by atoms with E-state index in [2.05, 4.69) is 9.98 Å². The first kappa shape index (κ1) is 34.3. The summed E-state index contributed by atoms with van der Waals surface area (Å²) in [7, 11) is 0. The van der Waals surface area contributed by atoms with Crippen LogP contribution in [0.4, 0.5) is 0 Å². The monoisotopic (exact) mass is 632 g/mol. The van der Waals surface area contributed by atoms with Crippen LogP contribution in [-0.4, -0.2) is 79.6 Å². The molecule has 0 aliphatic rings. The van der Waals surface area contributed by atoms with Crippen LogP contribution in [0.1, 0.15) is 85.8 Å². The molecule has 4 aromatic rings. The van der Waals surface area contributed by atoms with Crippen molar-refractivity contribution in [3.63, 3.8) is 0 Å². The number of benzene rings is 4. The van der Waals surface area contributed by atoms with Crippen molar-refractivity contribution in [3.05, 3.63) is 45.5 Å². The second-order valence-electron chi connectivity index (χ2n) is 12.3. The molecule has 0 heterocycles. The molecule has 0 aromatic heterocycles. The van der Waals surface area contributed by atoms with E-state index in [0.29, 0.717) is 45.9 Å². The van der Waals surface area contributed by atoms with E-state index in [1.807, 2.05) is 27.7 Å². The molecule has 4 aromatic carbocycles. The summed E-state index contributed by atoms with van der Waals surface area (Å²) in [5, 5.41) is 88.4. The highest BCUT2D eigenvalue weighted by atomic mass is 16.3. The van der Waals surface area contributed by atoms with Crippen LogP contribution >= 0.6 is 0 Å². The molecule has 0 saturated carbocycles. The number of aliphatic hydroxyl groups is 2. The quantitative estimate of drug-likeness (QED) is 0.0533. The molecule has 0 aliphatic carbocycles. The van der Waals surface area contributed by atoms with E-state index in [4.69, 9.17) is 0 Å². The number of nitrogens with zero attached hydrogens (tertiary/aromatic N) is 2. The Hall–Kier alpha value is -4.54. The molecule has 4 rings (SSSR count). The van der Waals surface area contributed by atoms with Gasteiger partial charge in [0.15, 0.2) is 23.0 Å². The summed E-state index contributed by atoms with van der Waals surface area (Å²) >= 11 is 0. The van der Waals surface area contributed by atoms with Crippen molar-refractivity contribution in [2.24, 2.45) is 9.98 Å². The van der Waals surface area contributed by atoms with Crippen LogP contribution in [0, 0.1) is 13.8 Å². The third-order valence-corrected chi connectivity index (χ3v) is 8.32. The molecule has 8 N–H and O–H groups in total. The lowest BCUT2D eigenvalue weighted by molar-refractivity contribution is 0.291. The van der Waals surface area contributed by atoms with Crippen LogP contribution < -0.4 is 0 Å². The van der Waals surface area contributed by atoms with Crippen molar-refractivity contribution in [1.82, 2.24) is 0 Å². The van der Waals surface area contributed by atoms with E-state index in [9.17, 15) is 40.9 Å². The first-order valence-electron chi connectivity index (χ1n) is 15.5. The zero-order valence-electron chi connectivity index (χ0n) is 27.2. The normalized spacial score (nSPS) is 12.3. The zero-order valence-corrected chi connectivity index (χ0v) is 27.2. The Kier molecular flexibility index (Phi) is 10.3. The highest BCUT2D eigenvalue weighted by molar-refractivity contribution is 6.15. The minimum atomic E-state index is -0.447. The maximum Gasteiger partial charge on any atom is 0.167 e. The van der Waals surface area contributed by atoms with Gasteiger partial charge in [0.05, 0.1) is 0 Å². The van der Waals surface area contributed by atoms with E-state index in [1.54, 1.807) is 26.0 Å². The number of aliphatic imine (C=N–C) groups is 2. The predicted molar refractivity (Wildman–Crippen MR) is 183 cm³/mol. The number of phenols is 6. The molecular weight excluding hydrogens is 588 g/mol. The molecule has 246 valence electrons. The summed E-state index contributed by atoms with van der Waals surface area (Å²) in [6.07, 6.45) is 3.50. The molecule has 0 saturated heterocycles. The van der Waals surface area contributed by atoms with Gasteiger partial charge in [0.2, 0.25) is 0 Å². The van der Waals surface area contributed by atoms with Crippen LogP contribution in [0.2, 0.25) is 0 Å². The smallest absolute Gasteiger partial charge is 0.167 e. The standard InChI is InChI=1S/C36H44N2O8/c1-17(2)25-21-13-19(5)27(33(43)29(21)23(31(41)35(25)45)15-37-9-7-11-39)28-20(6)14-22-26(18(3)4)36(46)32(42)24(30(22)34(28)44)16-38-10-8-12-40/h13-18,39-46H,7-12H2,1-6H3. The van der Waals surface area contributed by atoms with Gasteiger partial charge in [-0.05, 0) is 60.4 Å². The van der Waals surface area contributed by atoms with Crippen LogP contribution in [0.5, 0.6) is 34.5 Å². The largest absolute Gasteiger partial charge is 0.507 e. The summed E-state index contributed by atoms with van der Waals surface area (Å²) in [6.45, 7) is 11.4. The van der Waals surface area contributed by atoms with Gasteiger partial charge in [-0.3, -0.25) is 9.98 Å². The molecule has 0 unspecified atom stereocenters. The van der Waals surface area contributed by atoms with Crippen molar-refractivity contribution in [2.75, 3.05) is 26.3 Å². The summed E-state index contributed by atoms with van der Waals surface area (Å²) in [4.78, 5) is 8.60. The first-order chi connectivity index (χ1) is 21.8. The Labute approximate surface area is 268 Å². The number of phenolic OH excluding ortho intramolecular Hbond substituents is 6. The van der Waals surface area contributed by atoms with Gasteiger partial charge < -0.3 is 40.9 Å². The molecule has 0 fully saturated rings. The minimum absolute atomic E-state index is 0.0727. The number of rotatable bonds is 11. The Morgan fingerprint density at radius 2 is 0.913 bits per heavy atom. The molecule has 46 heavy (non-hydrogen) atoms. The van der Waals surface area contributed by atoms with Crippen LogP contribution in [-0.2, 0) is 0 Å². The average molecular weight is 633 g/mol. The topological polar surface area (TPSA) is 187 Å². The van der Waals surface area contributed by atoms with Crippen molar-refractivity contribution in [2.45, 2.75) is 66.2 Å². The second kappa shape index (κ2) is 13.8. The van der Waals surface area contributed by atoms with Gasteiger partial charge in [0.1, 0.15) is 11.5 Å². The highest BCUT2D eigenvalue weighted by Crippen LogP contribution is 2.54. The SMILES string of the molecule is Cc1cc2c(C(C)C)c(O)c(O)c(C=NCCCO)c2c(O)c1-c1c(C)cc2c(C(C)C)c(O)c(O)c(C=NCCCO)c2c1O. The van der Waals surface area contributed by atoms with Gasteiger partial charge in [-0.1, -0.05) is 39.8 Å². The summed E-state index contributed by atoms with van der Waals surface area (Å²) < 4.78 is 0. The molecule has 0 radical (unpaired) electrons. The maximum absolute atomic E-state index is 12.1. The Morgan fingerprint density at radius 3 is 1.22 bits per heavy atom. The summed E-state index contributed by atoms with van der Waals surface area (Å²) in [6, 6.07) is 3.58. The number of aliphatic hydroxyl groups excluding tert-OH is 2. The molecule has 0 bridgehead atoms. The van der Waals surface area contributed by atoms with E-state index in [1.165, 1.54) is 12.4 Å². The lowest BCUT2D eigenvalue weighted by atomic mass is 9.83. The van der Waals surface area contributed by atoms with Gasteiger partial charge in [-0.25, -0.2) is 0 Å². The lowest BCUT2D eigenvalue weighted by Crippen LogP contribution is -2.01. The second-order valence-corrected chi connectivity index (χ2v) is 12.3. The van der Waals surface area contributed by atoms with E-state index < -0.39 is 11.5 Å². The molecule has 0 amide bonds. The van der Waals surface area contributed by atoms with Crippen LogP contribution in [0.15, 0.2) is 22.1 Å². The highest BCUT2D eigenvalue weighted by Gasteiger charge is 2.29. The van der Waals surface area contributed by atoms with Gasteiger partial charge in [0, 0.05) is 82.9 Å².